The molecule has 1 fully saturated rings. The van der Waals surface area contributed by atoms with Crippen molar-refractivity contribution in [2.45, 2.75) is 24.7 Å². The van der Waals surface area contributed by atoms with Gasteiger partial charge in [0.1, 0.15) is 0 Å². The highest BCUT2D eigenvalue weighted by Gasteiger charge is 2.30. The van der Waals surface area contributed by atoms with Crippen LogP contribution in [-0.4, -0.2) is 41.1 Å². The highest BCUT2D eigenvalue weighted by atomic mass is 35.5. The van der Waals surface area contributed by atoms with Crippen molar-refractivity contribution in [3.05, 3.63) is 28.8 Å². The van der Waals surface area contributed by atoms with Gasteiger partial charge in [-0.25, -0.2) is 17.9 Å². The SMILES string of the molecule is COC(=O)c1ccc(Cl)cc1S(=O)(=O)NCC1(C)CCNCC1. The number of carbonyl (C=O) groups excluding carboxylic acids is 1. The van der Waals surface area contributed by atoms with Gasteiger partial charge >= 0.3 is 5.97 Å². The second-order valence-corrected chi connectivity index (χ2v) is 8.19. The van der Waals surface area contributed by atoms with Crippen molar-refractivity contribution >= 4 is 27.6 Å². The van der Waals surface area contributed by atoms with Gasteiger partial charge in [0, 0.05) is 11.6 Å². The molecule has 1 aliphatic heterocycles. The summed E-state index contributed by atoms with van der Waals surface area (Å²) in [5, 5.41) is 3.49. The first kappa shape index (κ1) is 18.2. The Kier molecular flexibility index (Phi) is 5.67. The smallest absolute Gasteiger partial charge is 0.339 e. The molecule has 0 aliphatic carbocycles. The van der Waals surface area contributed by atoms with E-state index in [9.17, 15) is 13.2 Å². The summed E-state index contributed by atoms with van der Waals surface area (Å²) in [6.07, 6.45) is 1.77. The van der Waals surface area contributed by atoms with Gasteiger partial charge in [-0.3, -0.25) is 0 Å². The summed E-state index contributed by atoms with van der Waals surface area (Å²) in [4.78, 5) is 11.6. The summed E-state index contributed by atoms with van der Waals surface area (Å²) < 4.78 is 32.5. The molecule has 0 unspecified atom stereocenters. The maximum atomic E-state index is 12.6. The Morgan fingerprint density at radius 3 is 2.65 bits per heavy atom. The van der Waals surface area contributed by atoms with E-state index in [2.05, 4.69) is 21.7 Å². The highest BCUT2D eigenvalue weighted by Crippen LogP contribution is 2.28. The van der Waals surface area contributed by atoms with Gasteiger partial charge in [-0.1, -0.05) is 18.5 Å². The van der Waals surface area contributed by atoms with E-state index in [0.29, 0.717) is 6.54 Å². The summed E-state index contributed by atoms with van der Waals surface area (Å²) in [5.74, 6) is -0.713. The number of piperidine rings is 1. The van der Waals surface area contributed by atoms with E-state index in [1.54, 1.807) is 0 Å². The van der Waals surface area contributed by atoms with Crippen LogP contribution in [0.4, 0.5) is 0 Å². The minimum atomic E-state index is -3.86. The maximum Gasteiger partial charge on any atom is 0.339 e. The normalized spacial score (nSPS) is 17.7. The molecule has 23 heavy (non-hydrogen) atoms. The van der Waals surface area contributed by atoms with E-state index < -0.39 is 16.0 Å². The summed E-state index contributed by atoms with van der Waals surface area (Å²) in [7, 11) is -2.66. The first-order chi connectivity index (χ1) is 10.8. The zero-order valence-corrected chi connectivity index (χ0v) is 14.8. The van der Waals surface area contributed by atoms with Gasteiger partial charge in [0.2, 0.25) is 10.0 Å². The van der Waals surface area contributed by atoms with Crippen LogP contribution >= 0.6 is 11.6 Å². The Balaban J connectivity index is 2.25. The number of halogens is 1. The fraction of sp³-hybridized carbons (Fsp3) is 0.533. The van der Waals surface area contributed by atoms with Crippen molar-refractivity contribution in [3.8, 4) is 0 Å². The minimum absolute atomic E-state index is 0.0279. The Bertz CT molecular complexity index is 685. The van der Waals surface area contributed by atoms with Crippen LogP contribution in [0.3, 0.4) is 0 Å². The van der Waals surface area contributed by atoms with Gasteiger partial charge in [0.15, 0.2) is 0 Å². The third-order valence-corrected chi connectivity index (χ3v) is 5.81. The average molecular weight is 361 g/mol. The van der Waals surface area contributed by atoms with Crippen molar-refractivity contribution in [1.82, 2.24) is 10.0 Å². The zero-order valence-electron chi connectivity index (χ0n) is 13.2. The molecule has 1 saturated heterocycles. The van der Waals surface area contributed by atoms with Crippen LogP contribution in [0.25, 0.3) is 0 Å². The predicted molar refractivity (Wildman–Crippen MR) is 88.2 cm³/mol. The van der Waals surface area contributed by atoms with Crippen molar-refractivity contribution in [2.24, 2.45) is 5.41 Å². The van der Waals surface area contributed by atoms with Crippen LogP contribution in [0.15, 0.2) is 23.1 Å². The fourth-order valence-corrected chi connectivity index (χ4v) is 4.20. The Labute approximate surface area is 141 Å². The second kappa shape index (κ2) is 7.17. The molecular formula is C15H21ClN2O4S. The largest absolute Gasteiger partial charge is 0.465 e. The monoisotopic (exact) mass is 360 g/mol. The summed E-state index contributed by atoms with van der Waals surface area (Å²) >= 11 is 5.89. The van der Waals surface area contributed by atoms with E-state index in [0.717, 1.165) is 25.9 Å². The number of sulfonamides is 1. The maximum absolute atomic E-state index is 12.6. The molecule has 128 valence electrons. The molecule has 1 aromatic carbocycles. The number of benzene rings is 1. The summed E-state index contributed by atoms with van der Waals surface area (Å²) in [6, 6.07) is 4.08. The van der Waals surface area contributed by atoms with Crippen LogP contribution in [-0.2, 0) is 14.8 Å². The van der Waals surface area contributed by atoms with E-state index in [1.165, 1.54) is 25.3 Å². The molecule has 0 aromatic heterocycles. The zero-order chi connectivity index (χ0) is 17.1. The van der Waals surface area contributed by atoms with E-state index in [1.807, 2.05) is 0 Å². The number of rotatable bonds is 5. The number of esters is 1. The standard InChI is InChI=1S/C15H21ClN2O4S/c1-15(5-7-17-8-6-15)10-18-23(20,21)13-9-11(16)3-4-12(13)14(19)22-2/h3-4,9,17-18H,5-8,10H2,1-2H3. The molecule has 0 atom stereocenters. The number of methoxy groups -OCH3 is 1. The van der Waals surface area contributed by atoms with Gasteiger partial charge in [0.25, 0.3) is 0 Å². The lowest BCUT2D eigenvalue weighted by Gasteiger charge is -2.34. The molecule has 0 radical (unpaired) electrons. The molecule has 0 saturated carbocycles. The van der Waals surface area contributed by atoms with Gasteiger partial charge in [-0.15, -0.1) is 0 Å². The first-order valence-corrected chi connectivity index (χ1v) is 9.22. The number of carbonyl (C=O) groups is 1. The minimum Gasteiger partial charge on any atom is -0.465 e. The third-order valence-electron chi connectivity index (χ3n) is 4.14. The molecule has 1 heterocycles. The molecule has 1 aromatic rings. The van der Waals surface area contributed by atoms with Crippen LogP contribution < -0.4 is 10.0 Å². The van der Waals surface area contributed by atoms with Crippen molar-refractivity contribution in [1.29, 1.82) is 0 Å². The molecule has 2 N–H and O–H groups in total. The Hall–Kier alpha value is -1.15. The third kappa shape index (κ3) is 4.44. The summed E-state index contributed by atoms with van der Waals surface area (Å²) in [5.41, 5.74) is -0.137. The van der Waals surface area contributed by atoms with E-state index >= 15 is 0 Å². The fourth-order valence-electron chi connectivity index (χ4n) is 2.55. The van der Waals surface area contributed by atoms with Gasteiger partial charge in [-0.05, 0) is 49.5 Å². The van der Waals surface area contributed by atoms with E-state index in [4.69, 9.17) is 11.6 Å². The molecule has 8 heteroatoms. The highest BCUT2D eigenvalue weighted by molar-refractivity contribution is 7.89. The molecule has 1 aliphatic rings. The summed E-state index contributed by atoms with van der Waals surface area (Å²) in [6.45, 7) is 4.09. The molecule has 6 nitrogen and oxygen atoms in total. The van der Waals surface area contributed by atoms with Crippen molar-refractivity contribution < 1.29 is 17.9 Å². The van der Waals surface area contributed by atoms with Gasteiger partial charge in [0.05, 0.1) is 17.6 Å². The number of nitrogens with one attached hydrogen (secondary N) is 2. The lowest BCUT2D eigenvalue weighted by atomic mass is 9.81. The number of hydrogen-bond acceptors (Lipinski definition) is 5. The lowest BCUT2D eigenvalue weighted by molar-refractivity contribution is 0.0596. The quantitative estimate of drug-likeness (QED) is 0.782. The molecule has 2 rings (SSSR count). The van der Waals surface area contributed by atoms with Crippen molar-refractivity contribution in [3.63, 3.8) is 0 Å². The Morgan fingerprint density at radius 2 is 2.04 bits per heavy atom. The molecule has 0 bridgehead atoms. The lowest BCUT2D eigenvalue weighted by Crippen LogP contribution is -2.43. The van der Waals surface area contributed by atoms with Gasteiger partial charge in [-0.2, -0.15) is 0 Å². The Morgan fingerprint density at radius 1 is 1.39 bits per heavy atom. The van der Waals surface area contributed by atoms with Crippen LogP contribution in [0.5, 0.6) is 0 Å². The van der Waals surface area contributed by atoms with Crippen LogP contribution in [0.2, 0.25) is 5.02 Å². The van der Waals surface area contributed by atoms with Gasteiger partial charge < -0.3 is 10.1 Å². The average Bonchev–Trinajstić information content (AvgIpc) is 2.53. The molecular weight excluding hydrogens is 340 g/mol. The van der Waals surface area contributed by atoms with Crippen molar-refractivity contribution in [2.75, 3.05) is 26.7 Å². The first-order valence-electron chi connectivity index (χ1n) is 7.36. The topological polar surface area (TPSA) is 84.5 Å². The van der Waals surface area contributed by atoms with Crippen LogP contribution in [0.1, 0.15) is 30.1 Å². The molecule has 0 amide bonds. The molecule has 0 spiro atoms. The van der Waals surface area contributed by atoms with Crippen LogP contribution in [0, 0.1) is 5.41 Å². The second-order valence-electron chi connectivity index (χ2n) is 6.02. The van der Waals surface area contributed by atoms with E-state index in [-0.39, 0.29) is 20.9 Å². The predicted octanol–water partition coefficient (Wildman–Crippen LogP) is 1.79. The number of hydrogen-bond donors (Lipinski definition) is 2. The number of ether oxygens (including phenoxy) is 1.